The first-order valence-corrected chi connectivity index (χ1v) is 7.38. The van der Waals surface area contributed by atoms with Crippen LogP contribution in [0.25, 0.3) is 0 Å². The molecule has 0 N–H and O–H groups in total. The van der Waals surface area contributed by atoms with E-state index in [-0.39, 0.29) is 5.28 Å². The van der Waals surface area contributed by atoms with Crippen LogP contribution in [-0.4, -0.2) is 67.2 Å². The van der Waals surface area contributed by atoms with Crippen LogP contribution in [0.4, 0.5) is 11.9 Å². The minimum atomic E-state index is 0.247. The van der Waals surface area contributed by atoms with Gasteiger partial charge in [-0.25, -0.2) is 0 Å². The zero-order valence-corrected chi connectivity index (χ0v) is 13.9. The van der Waals surface area contributed by atoms with Crippen molar-refractivity contribution in [2.24, 2.45) is 0 Å². The van der Waals surface area contributed by atoms with Crippen LogP contribution in [0, 0.1) is 0 Å². The zero-order valence-electron chi connectivity index (χ0n) is 13.1. The van der Waals surface area contributed by atoms with E-state index in [2.05, 4.69) is 52.7 Å². The SMILES string of the molecule is CCN(CC)c1nc(Cl)nc(N(C)CCCN(C)C)n1. The van der Waals surface area contributed by atoms with Crippen LogP contribution in [0.1, 0.15) is 20.3 Å². The summed E-state index contributed by atoms with van der Waals surface area (Å²) in [4.78, 5) is 19.2. The van der Waals surface area contributed by atoms with Crippen LogP contribution in [0.5, 0.6) is 0 Å². The summed E-state index contributed by atoms with van der Waals surface area (Å²) in [5.74, 6) is 1.27. The summed E-state index contributed by atoms with van der Waals surface area (Å²) < 4.78 is 0. The van der Waals surface area contributed by atoms with Crippen molar-refractivity contribution in [3.05, 3.63) is 5.28 Å². The third kappa shape index (κ3) is 5.09. The van der Waals surface area contributed by atoms with Crippen molar-refractivity contribution in [1.82, 2.24) is 19.9 Å². The van der Waals surface area contributed by atoms with E-state index >= 15 is 0 Å². The molecule has 0 saturated carbocycles. The molecule has 1 aromatic rings. The molecular formula is C13H25ClN6. The van der Waals surface area contributed by atoms with E-state index in [1.165, 1.54) is 0 Å². The zero-order chi connectivity index (χ0) is 15.1. The molecular weight excluding hydrogens is 276 g/mol. The highest BCUT2D eigenvalue weighted by Gasteiger charge is 2.12. The molecule has 0 spiro atoms. The number of hydrogen-bond donors (Lipinski definition) is 0. The van der Waals surface area contributed by atoms with Gasteiger partial charge in [-0.1, -0.05) is 0 Å². The molecule has 0 aliphatic carbocycles. The number of halogens is 1. The summed E-state index contributed by atoms with van der Waals surface area (Å²) in [7, 11) is 6.11. The minimum Gasteiger partial charge on any atom is -0.344 e. The first-order valence-electron chi connectivity index (χ1n) is 7.00. The van der Waals surface area contributed by atoms with Gasteiger partial charge >= 0.3 is 0 Å². The Morgan fingerprint density at radius 2 is 1.50 bits per heavy atom. The molecule has 0 saturated heterocycles. The molecule has 0 aliphatic rings. The summed E-state index contributed by atoms with van der Waals surface area (Å²) in [6.45, 7) is 7.76. The third-order valence-electron chi connectivity index (χ3n) is 3.07. The van der Waals surface area contributed by atoms with Crippen molar-refractivity contribution in [2.45, 2.75) is 20.3 Å². The molecule has 0 bridgehead atoms. The number of hydrogen-bond acceptors (Lipinski definition) is 6. The smallest absolute Gasteiger partial charge is 0.231 e. The third-order valence-corrected chi connectivity index (χ3v) is 3.24. The van der Waals surface area contributed by atoms with Gasteiger partial charge < -0.3 is 14.7 Å². The maximum Gasteiger partial charge on any atom is 0.231 e. The second kappa shape index (κ2) is 8.21. The Balaban J connectivity index is 2.78. The second-order valence-corrected chi connectivity index (χ2v) is 5.29. The number of nitrogens with zero attached hydrogens (tertiary/aromatic N) is 6. The van der Waals surface area contributed by atoms with Gasteiger partial charge in [-0.15, -0.1) is 0 Å². The summed E-state index contributed by atoms with van der Waals surface area (Å²) in [5, 5.41) is 0.247. The molecule has 0 aliphatic heterocycles. The predicted molar refractivity (Wildman–Crippen MR) is 84.8 cm³/mol. The lowest BCUT2D eigenvalue weighted by atomic mass is 10.4. The fraction of sp³-hybridized carbons (Fsp3) is 0.769. The van der Waals surface area contributed by atoms with Gasteiger partial charge in [0.1, 0.15) is 0 Å². The summed E-state index contributed by atoms with van der Waals surface area (Å²) >= 11 is 6.01. The molecule has 6 nitrogen and oxygen atoms in total. The molecule has 0 amide bonds. The summed E-state index contributed by atoms with van der Waals surface area (Å²) in [6.07, 6.45) is 1.05. The van der Waals surface area contributed by atoms with E-state index in [0.717, 1.165) is 32.6 Å². The first-order chi connectivity index (χ1) is 9.47. The average molecular weight is 301 g/mol. The first kappa shape index (κ1) is 16.9. The van der Waals surface area contributed by atoms with Crippen LogP contribution in [0.15, 0.2) is 0 Å². The molecule has 0 fully saturated rings. The molecule has 7 heteroatoms. The van der Waals surface area contributed by atoms with Crippen LogP contribution >= 0.6 is 11.6 Å². The van der Waals surface area contributed by atoms with Gasteiger partial charge in [0.15, 0.2) is 0 Å². The summed E-state index contributed by atoms with van der Waals surface area (Å²) in [5.41, 5.74) is 0. The molecule has 114 valence electrons. The van der Waals surface area contributed by atoms with Crippen LogP contribution in [0.2, 0.25) is 5.28 Å². The Hall–Kier alpha value is -1.14. The van der Waals surface area contributed by atoms with Crippen molar-refractivity contribution in [1.29, 1.82) is 0 Å². The molecule has 0 radical (unpaired) electrons. The molecule has 0 aromatic carbocycles. The largest absolute Gasteiger partial charge is 0.344 e. The van der Waals surface area contributed by atoms with Crippen molar-refractivity contribution in [3.63, 3.8) is 0 Å². The van der Waals surface area contributed by atoms with E-state index in [4.69, 9.17) is 11.6 Å². The Labute approximate surface area is 126 Å². The van der Waals surface area contributed by atoms with E-state index < -0.39 is 0 Å². The Morgan fingerprint density at radius 1 is 0.900 bits per heavy atom. The van der Waals surface area contributed by atoms with E-state index in [0.29, 0.717) is 11.9 Å². The van der Waals surface area contributed by atoms with Crippen molar-refractivity contribution in [3.8, 4) is 0 Å². The van der Waals surface area contributed by atoms with Crippen LogP contribution in [-0.2, 0) is 0 Å². The van der Waals surface area contributed by atoms with Crippen molar-refractivity contribution < 1.29 is 0 Å². The van der Waals surface area contributed by atoms with Gasteiger partial charge in [0, 0.05) is 26.7 Å². The maximum absolute atomic E-state index is 6.01. The number of aromatic nitrogens is 3. The number of rotatable bonds is 8. The van der Waals surface area contributed by atoms with Gasteiger partial charge in [0.05, 0.1) is 0 Å². The van der Waals surface area contributed by atoms with Gasteiger partial charge in [-0.2, -0.15) is 15.0 Å². The average Bonchev–Trinajstić information content (AvgIpc) is 2.39. The molecule has 1 rings (SSSR count). The lowest BCUT2D eigenvalue weighted by Gasteiger charge is -2.22. The molecule has 0 unspecified atom stereocenters. The normalized spacial score (nSPS) is 10.9. The monoisotopic (exact) mass is 300 g/mol. The second-order valence-electron chi connectivity index (χ2n) is 4.96. The van der Waals surface area contributed by atoms with Gasteiger partial charge in [0.2, 0.25) is 17.2 Å². The highest BCUT2D eigenvalue weighted by Crippen LogP contribution is 2.15. The van der Waals surface area contributed by atoms with Crippen molar-refractivity contribution >= 4 is 23.5 Å². The highest BCUT2D eigenvalue weighted by molar-refractivity contribution is 6.28. The van der Waals surface area contributed by atoms with Gasteiger partial charge in [-0.3, -0.25) is 0 Å². The lowest BCUT2D eigenvalue weighted by Crippen LogP contribution is -2.28. The van der Waals surface area contributed by atoms with E-state index in [9.17, 15) is 0 Å². The predicted octanol–water partition coefficient (Wildman–Crippen LogP) is 1.76. The fourth-order valence-corrected chi connectivity index (χ4v) is 2.02. The molecule has 1 aromatic heterocycles. The minimum absolute atomic E-state index is 0.247. The van der Waals surface area contributed by atoms with Crippen LogP contribution in [0.3, 0.4) is 0 Å². The summed E-state index contributed by atoms with van der Waals surface area (Å²) in [6, 6.07) is 0. The van der Waals surface area contributed by atoms with E-state index in [1.807, 2.05) is 11.9 Å². The Bertz CT molecular complexity index is 408. The maximum atomic E-state index is 6.01. The Morgan fingerprint density at radius 3 is 2.05 bits per heavy atom. The Kier molecular flexibility index (Phi) is 6.95. The topological polar surface area (TPSA) is 48.4 Å². The van der Waals surface area contributed by atoms with Crippen molar-refractivity contribution in [2.75, 3.05) is 57.1 Å². The fourth-order valence-electron chi connectivity index (χ4n) is 1.87. The molecule has 1 heterocycles. The quantitative estimate of drug-likeness (QED) is 0.729. The van der Waals surface area contributed by atoms with Gasteiger partial charge in [-0.05, 0) is 52.5 Å². The van der Waals surface area contributed by atoms with Gasteiger partial charge in [0.25, 0.3) is 0 Å². The molecule has 0 atom stereocenters. The van der Waals surface area contributed by atoms with E-state index in [1.54, 1.807) is 0 Å². The standard InChI is InChI=1S/C13H25ClN6/c1-6-20(7-2)13-16-11(14)15-12(17-13)19(5)10-8-9-18(3)4/h6-10H2,1-5H3. The lowest BCUT2D eigenvalue weighted by molar-refractivity contribution is 0.401. The highest BCUT2D eigenvalue weighted by atomic mass is 35.5. The van der Waals surface area contributed by atoms with Crippen LogP contribution < -0.4 is 9.80 Å². The molecule has 20 heavy (non-hydrogen) atoms. The number of anilines is 2.